The molecule has 0 amide bonds. The molecule has 25 heavy (non-hydrogen) atoms. The van der Waals surface area contributed by atoms with Gasteiger partial charge in [0.25, 0.3) is 0 Å². The number of benzene rings is 1. The highest BCUT2D eigenvalue weighted by atomic mass is 35.5. The van der Waals surface area contributed by atoms with E-state index < -0.39 is 11.7 Å². The van der Waals surface area contributed by atoms with Crippen LogP contribution in [0.5, 0.6) is 0 Å². The Bertz CT molecular complexity index is 939. The van der Waals surface area contributed by atoms with Crippen LogP contribution < -0.4 is 0 Å². The van der Waals surface area contributed by atoms with E-state index in [1.807, 2.05) is 0 Å². The number of halogens is 4. The summed E-state index contributed by atoms with van der Waals surface area (Å²) in [6.07, 6.45) is -2.82. The van der Waals surface area contributed by atoms with Crippen molar-refractivity contribution in [3.63, 3.8) is 0 Å². The third-order valence-corrected chi connectivity index (χ3v) is 3.87. The molecule has 3 aromatic rings. The van der Waals surface area contributed by atoms with Gasteiger partial charge in [-0.1, -0.05) is 17.7 Å². The number of aromatic nitrogens is 3. The number of alkyl halides is 3. The second-order valence-corrected chi connectivity index (χ2v) is 6.00. The summed E-state index contributed by atoms with van der Waals surface area (Å²) in [6, 6.07) is 9.06. The lowest BCUT2D eigenvalue weighted by atomic mass is 10.0. The molecule has 0 unspecified atom stereocenters. The van der Waals surface area contributed by atoms with E-state index in [1.54, 1.807) is 31.3 Å². The quantitative estimate of drug-likeness (QED) is 0.565. The molecule has 0 spiro atoms. The van der Waals surface area contributed by atoms with E-state index in [2.05, 4.69) is 15.0 Å². The number of aryl methyl sites for hydroxylation is 2. The predicted octanol–water partition coefficient (Wildman–Crippen LogP) is 5.49. The standard InChI is InChI=1S/C18H13ClF3N3/c1-10-7-12(3-4-14(10)18(20,21)22)15-8-11(2)24-17(25-15)13-5-6-23-16(19)9-13/h3-9H,1-2H3. The summed E-state index contributed by atoms with van der Waals surface area (Å²) in [5.74, 6) is 0.442. The molecule has 0 N–H and O–H groups in total. The number of hydrogen-bond acceptors (Lipinski definition) is 3. The van der Waals surface area contributed by atoms with Crippen LogP contribution >= 0.6 is 11.6 Å². The zero-order valence-electron chi connectivity index (χ0n) is 13.4. The lowest BCUT2D eigenvalue weighted by molar-refractivity contribution is -0.138. The van der Waals surface area contributed by atoms with Crippen molar-refractivity contribution in [1.82, 2.24) is 15.0 Å². The average Bonchev–Trinajstić information content (AvgIpc) is 2.53. The van der Waals surface area contributed by atoms with Crippen molar-refractivity contribution in [2.75, 3.05) is 0 Å². The normalized spacial score (nSPS) is 11.6. The predicted molar refractivity (Wildman–Crippen MR) is 90.2 cm³/mol. The summed E-state index contributed by atoms with van der Waals surface area (Å²) in [6.45, 7) is 3.23. The molecule has 3 rings (SSSR count). The molecule has 0 bridgehead atoms. The van der Waals surface area contributed by atoms with Crippen LogP contribution in [0, 0.1) is 13.8 Å². The molecule has 0 aliphatic heterocycles. The van der Waals surface area contributed by atoms with Crippen LogP contribution in [-0.2, 0) is 6.18 Å². The number of rotatable bonds is 2. The van der Waals surface area contributed by atoms with Gasteiger partial charge < -0.3 is 0 Å². The van der Waals surface area contributed by atoms with Crippen LogP contribution in [0.25, 0.3) is 22.6 Å². The van der Waals surface area contributed by atoms with Crippen molar-refractivity contribution in [2.24, 2.45) is 0 Å². The maximum Gasteiger partial charge on any atom is 0.416 e. The van der Waals surface area contributed by atoms with Gasteiger partial charge in [-0.3, -0.25) is 0 Å². The van der Waals surface area contributed by atoms with E-state index in [9.17, 15) is 13.2 Å². The summed E-state index contributed by atoms with van der Waals surface area (Å²) in [7, 11) is 0. The zero-order valence-corrected chi connectivity index (χ0v) is 14.2. The number of hydrogen-bond donors (Lipinski definition) is 0. The van der Waals surface area contributed by atoms with E-state index in [-0.39, 0.29) is 5.56 Å². The van der Waals surface area contributed by atoms with Gasteiger partial charge in [0, 0.05) is 23.0 Å². The molecule has 0 aliphatic carbocycles. The van der Waals surface area contributed by atoms with E-state index in [0.29, 0.717) is 33.5 Å². The Hall–Kier alpha value is -2.47. The minimum atomic E-state index is -4.37. The lowest BCUT2D eigenvalue weighted by Crippen LogP contribution is -2.07. The van der Waals surface area contributed by atoms with Crippen molar-refractivity contribution in [2.45, 2.75) is 20.0 Å². The van der Waals surface area contributed by atoms with Crippen LogP contribution in [0.15, 0.2) is 42.6 Å². The van der Waals surface area contributed by atoms with Crippen LogP contribution in [0.2, 0.25) is 5.15 Å². The summed E-state index contributed by atoms with van der Waals surface area (Å²) >= 11 is 5.90. The average molecular weight is 364 g/mol. The van der Waals surface area contributed by atoms with Gasteiger partial charge in [0.1, 0.15) is 5.15 Å². The summed E-state index contributed by atoms with van der Waals surface area (Å²) < 4.78 is 38.8. The lowest BCUT2D eigenvalue weighted by Gasteiger charge is -2.12. The minimum Gasteiger partial charge on any atom is -0.245 e. The highest BCUT2D eigenvalue weighted by Gasteiger charge is 2.32. The van der Waals surface area contributed by atoms with Crippen LogP contribution in [0.3, 0.4) is 0 Å². The summed E-state index contributed by atoms with van der Waals surface area (Å²) in [4.78, 5) is 12.8. The molecular weight excluding hydrogens is 351 g/mol. The van der Waals surface area contributed by atoms with E-state index in [4.69, 9.17) is 11.6 Å². The maximum atomic E-state index is 12.9. The van der Waals surface area contributed by atoms with Crippen molar-refractivity contribution >= 4 is 11.6 Å². The molecule has 3 nitrogen and oxygen atoms in total. The largest absolute Gasteiger partial charge is 0.416 e. The molecule has 0 saturated carbocycles. The van der Waals surface area contributed by atoms with Gasteiger partial charge in [0.15, 0.2) is 5.82 Å². The molecule has 0 saturated heterocycles. The molecule has 0 fully saturated rings. The summed E-state index contributed by atoms with van der Waals surface area (Å²) in [5.41, 5.74) is 2.03. The second kappa shape index (κ2) is 6.44. The van der Waals surface area contributed by atoms with E-state index in [0.717, 1.165) is 6.07 Å². The van der Waals surface area contributed by atoms with Crippen LogP contribution in [0.1, 0.15) is 16.8 Å². The van der Waals surface area contributed by atoms with Crippen molar-refractivity contribution in [1.29, 1.82) is 0 Å². The minimum absolute atomic E-state index is 0.148. The van der Waals surface area contributed by atoms with Crippen molar-refractivity contribution < 1.29 is 13.2 Å². The molecular formula is C18H13ClF3N3. The van der Waals surface area contributed by atoms with Gasteiger partial charge in [-0.15, -0.1) is 0 Å². The van der Waals surface area contributed by atoms with Gasteiger partial charge in [-0.2, -0.15) is 13.2 Å². The van der Waals surface area contributed by atoms with E-state index in [1.165, 1.54) is 19.1 Å². The first-order valence-corrected chi connectivity index (χ1v) is 7.77. The van der Waals surface area contributed by atoms with Gasteiger partial charge in [0.2, 0.25) is 0 Å². The zero-order chi connectivity index (χ0) is 18.2. The second-order valence-electron chi connectivity index (χ2n) is 5.61. The smallest absolute Gasteiger partial charge is 0.245 e. The van der Waals surface area contributed by atoms with Gasteiger partial charge >= 0.3 is 6.18 Å². The molecule has 128 valence electrons. The number of nitrogens with zero attached hydrogens (tertiary/aromatic N) is 3. The van der Waals surface area contributed by atoms with Gasteiger partial charge in [0.05, 0.1) is 11.3 Å². The molecule has 1 aromatic carbocycles. The monoisotopic (exact) mass is 363 g/mol. The molecule has 0 atom stereocenters. The first-order valence-electron chi connectivity index (χ1n) is 7.40. The van der Waals surface area contributed by atoms with Crippen molar-refractivity contribution in [3.8, 4) is 22.6 Å². The van der Waals surface area contributed by atoms with Crippen molar-refractivity contribution in [3.05, 3.63) is 64.6 Å². The SMILES string of the molecule is Cc1cc(-c2ccc(C(F)(F)F)c(C)c2)nc(-c2ccnc(Cl)c2)n1. The summed E-state index contributed by atoms with van der Waals surface area (Å²) in [5, 5.41) is 0.314. The Labute approximate surface area is 147 Å². The Kier molecular flexibility index (Phi) is 4.47. The van der Waals surface area contributed by atoms with Crippen LogP contribution in [0.4, 0.5) is 13.2 Å². The topological polar surface area (TPSA) is 38.7 Å². The Balaban J connectivity index is 2.08. The molecule has 7 heteroatoms. The molecule has 2 heterocycles. The Morgan fingerprint density at radius 2 is 1.68 bits per heavy atom. The fourth-order valence-electron chi connectivity index (χ4n) is 2.53. The Morgan fingerprint density at radius 1 is 0.920 bits per heavy atom. The fourth-order valence-corrected chi connectivity index (χ4v) is 2.70. The highest BCUT2D eigenvalue weighted by molar-refractivity contribution is 6.29. The van der Waals surface area contributed by atoms with Gasteiger partial charge in [-0.05, 0) is 49.7 Å². The fraction of sp³-hybridized carbons (Fsp3) is 0.167. The Morgan fingerprint density at radius 3 is 2.32 bits per heavy atom. The molecule has 0 radical (unpaired) electrons. The first-order chi connectivity index (χ1) is 11.7. The van der Waals surface area contributed by atoms with Gasteiger partial charge in [-0.25, -0.2) is 15.0 Å². The maximum absolute atomic E-state index is 12.9. The first kappa shape index (κ1) is 17.4. The molecule has 0 aliphatic rings. The molecule has 2 aromatic heterocycles. The van der Waals surface area contributed by atoms with E-state index >= 15 is 0 Å². The van der Waals surface area contributed by atoms with Crippen LogP contribution in [-0.4, -0.2) is 15.0 Å². The third kappa shape index (κ3) is 3.79. The number of pyridine rings is 1. The highest BCUT2D eigenvalue weighted by Crippen LogP contribution is 2.34. The third-order valence-electron chi connectivity index (χ3n) is 3.67.